The first kappa shape index (κ1) is 23.2. The molecule has 0 bridgehead atoms. The van der Waals surface area contributed by atoms with Gasteiger partial charge in [0, 0.05) is 13.1 Å². The first-order valence-electron chi connectivity index (χ1n) is 8.71. The van der Waals surface area contributed by atoms with Crippen LogP contribution in [0.3, 0.4) is 0 Å². The molecule has 2 aromatic rings. The monoisotopic (exact) mass is 458 g/mol. The van der Waals surface area contributed by atoms with Crippen LogP contribution in [0.4, 0.5) is 5.69 Å². The molecule has 29 heavy (non-hydrogen) atoms. The zero-order chi connectivity index (χ0) is 21.6. The minimum Gasteiger partial charge on any atom is -0.452 e. The van der Waals surface area contributed by atoms with Gasteiger partial charge in [0.05, 0.1) is 26.2 Å². The SMILES string of the molecule is CCN(CC)S(=O)(=O)c1ccc(C(=O)OCC(=O)Nc2c(Cl)cccc2Cl)cc1. The number of anilines is 1. The Balaban J connectivity index is 2.00. The fourth-order valence-corrected chi connectivity index (χ4v) is 4.43. The number of nitrogens with zero attached hydrogens (tertiary/aromatic N) is 1. The van der Waals surface area contributed by atoms with E-state index < -0.39 is 28.5 Å². The summed E-state index contributed by atoms with van der Waals surface area (Å²) in [6.07, 6.45) is 0. The third-order valence-electron chi connectivity index (χ3n) is 3.99. The molecule has 10 heteroatoms. The van der Waals surface area contributed by atoms with Gasteiger partial charge in [0.25, 0.3) is 5.91 Å². The van der Waals surface area contributed by atoms with Crippen molar-refractivity contribution in [3.63, 3.8) is 0 Å². The molecular formula is C19H20Cl2N2O5S. The number of carbonyl (C=O) groups excluding carboxylic acids is 2. The highest BCUT2D eigenvalue weighted by Gasteiger charge is 2.22. The predicted octanol–water partition coefficient (Wildman–Crippen LogP) is 3.82. The molecule has 1 N–H and O–H groups in total. The first-order valence-corrected chi connectivity index (χ1v) is 10.9. The number of benzene rings is 2. The standard InChI is InChI=1S/C19H20Cl2N2O5S/c1-3-23(4-2)29(26,27)14-10-8-13(9-11-14)19(25)28-12-17(24)22-18-15(20)6-5-7-16(18)21/h5-11H,3-4,12H2,1-2H3,(H,22,24). The average Bonchev–Trinajstić information content (AvgIpc) is 2.70. The molecule has 0 heterocycles. The van der Waals surface area contributed by atoms with Crippen LogP contribution in [-0.4, -0.2) is 44.3 Å². The zero-order valence-electron chi connectivity index (χ0n) is 15.8. The molecular weight excluding hydrogens is 439 g/mol. The van der Waals surface area contributed by atoms with Crippen molar-refractivity contribution in [1.29, 1.82) is 0 Å². The number of esters is 1. The Hall–Kier alpha value is -2.13. The zero-order valence-corrected chi connectivity index (χ0v) is 18.1. The van der Waals surface area contributed by atoms with Crippen LogP contribution >= 0.6 is 23.2 Å². The van der Waals surface area contributed by atoms with Gasteiger partial charge in [-0.05, 0) is 36.4 Å². The molecule has 0 atom stereocenters. The molecule has 7 nitrogen and oxygen atoms in total. The normalized spacial score (nSPS) is 11.3. The Morgan fingerprint density at radius 1 is 1.00 bits per heavy atom. The van der Waals surface area contributed by atoms with Crippen molar-refractivity contribution in [3.8, 4) is 0 Å². The van der Waals surface area contributed by atoms with E-state index in [1.807, 2.05) is 0 Å². The van der Waals surface area contributed by atoms with Crippen molar-refractivity contribution in [1.82, 2.24) is 4.31 Å². The van der Waals surface area contributed by atoms with E-state index in [-0.39, 0.29) is 26.2 Å². The number of hydrogen-bond acceptors (Lipinski definition) is 5. The van der Waals surface area contributed by atoms with Gasteiger partial charge in [-0.1, -0.05) is 43.1 Å². The molecule has 0 aromatic heterocycles. The van der Waals surface area contributed by atoms with E-state index in [1.165, 1.54) is 28.6 Å². The second-order valence-electron chi connectivity index (χ2n) is 5.83. The lowest BCUT2D eigenvalue weighted by molar-refractivity contribution is -0.119. The van der Waals surface area contributed by atoms with Gasteiger partial charge in [-0.25, -0.2) is 13.2 Å². The summed E-state index contributed by atoms with van der Waals surface area (Å²) >= 11 is 11.9. The molecule has 2 aromatic carbocycles. The lowest BCUT2D eigenvalue weighted by atomic mass is 10.2. The lowest BCUT2D eigenvalue weighted by Crippen LogP contribution is -2.30. The largest absolute Gasteiger partial charge is 0.452 e. The van der Waals surface area contributed by atoms with E-state index in [0.29, 0.717) is 13.1 Å². The van der Waals surface area contributed by atoms with Gasteiger partial charge in [-0.15, -0.1) is 0 Å². The van der Waals surface area contributed by atoms with Crippen LogP contribution in [0.25, 0.3) is 0 Å². The van der Waals surface area contributed by atoms with Crippen LogP contribution in [0.2, 0.25) is 10.0 Å². The van der Waals surface area contributed by atoms with E-state index in [0.717, 1.165) is 0 Å². The number of amides is 1. The summed E-state index contributed by atoms with van der Waals surface area (Å²) in [4.78, 5) is 24.2. The summed E-state index contributed by atoms with van der Waals surface area (Å²) in [5.74, 6) is -1.38. The Labute approximate surface area is 179 Å². The second-order valence-corrected chi connectivity index (χ2v) is 8.59. The number of sulfonamides is 1. The summed E-state index contributed by atoms with van der Waals surface area (Å²) in [6.45, 7) is 3.61. The highest BCUT2D eigenvalue weighted by molar-refractivity contribution is 7.89. The summed E-state index contributed by atoms with van der Waals surface area (Å²) < 4.78 is 31.2. The number of ether oxygens (including phenoxy) is 1. The predicted molar refractivity (Wildman–Crippen MR) is 112 cm³/mol. The van der Waals surface area contributed by atoms with Crippen molar-refractivity contribution in [2.75, 3.05) is 25.0 Å². The number of carbonyl (C=O) groups is 2. The fourth-order valence-electron chi connectivity index (χ4n) is 2.48. The number of rotatable bonds is 8. The van der Waals surface area contributed by atoms with Gasteiger partial charge in [0.15, 0.2) is 6.61 Å². The topological polar surface area (TPSA) is 92.8 Å². The summed E-state index contributed by atoms with van der Waals surface area (Å²) in [6, 6.07) is 10.1. The lowest BCUT2D eigenvalue weighted by Gasteiger charge is -2.18. The summed E-state index contributed by atoms with van der Waals surface area (Å²) in [5.41, 5.74) is 0.343. The molecule has 156 valence electrons. The van der Waals surface area contributed by atoms with Gasteiger partial charge >= 0.3 is 5.97 Å². The Morgan fingerprint density at radius 3 is 2.07 bits per heavy atom. The molecule has 0 unspecified atom stereocenters. The van der Waals surface area contributed by atoms with Crippen LogP contribution in [0.15, 0.2) is 47.4 Å². The molecule has 0 saturated heterocycles. The summed E-state index contributed by atoms with van der Waals surface area (Å²) in [7, 11) is -3.62. The molecule has 0 radical (unpaired) electrons. The third-order valence-corrected chi connectivity index (χ3v) is 6.69. The van der Waals surface area contributed by atoms with Gasteiger partial charge in [0.1, 0.15) is 0 Å². The van der Waals surface area contributed by atoms with Gasteiger partial charge < -0.3 is 10.1 Å². The van der Waals surface area contributed by atoms with Gasteiger partial charge in [-0.3, -0.25) is 4.79 Å². The van der Waals surface area contributed by atoms with Crippen LogP contribution in [-0.2, 0) is 19.6 Å². The molecule has 0 aliphatic carbocycles. The summed E-state index contributed by atoms with van der Waals surface area (Å²) in [5, 5.41) is 2.98. The van der Waals surface area contributed by atoms with Crippen molar-refractivity contribution in [2.45, 2.75) is 18.7 Å². The van der Waals surface area contributed by atoms with E-state index in [9.17, 15) is 18.0 Å². The van der Waals surface area contributed by atoms with Gasteiger partial charge in [-0.2, -0.15) is 4.31 Å². The molecule has 0 saturated carbocycles. The van der Waals surface area contributed by atoms with E-state index in [1.54, 1.807) is 32.0 Å². The average molecular weight is 459 g/mol. The van der Waals surface area contributed by atoms with Crippen molar-refractivity contribution in [2.24, 2.45) is 0 Å². The Kier molecular flexibility index (Phi) is 8.04. The number of para-hydroxylation sites is 1. The Bertz CT molecular complexity index is 970. The van der Waals surface area contributed by atoms with Crippen molar-refractivity contribution in [3.05, 3.63) is 58.1 Å². The quantitative estimate of drug-likeness (QED) is 0.606. The molecule has 1 amide bonds. The van der Waals surface area contributed by atoms with Crippen LogP contribution in [0.5, 0.6) is 0 Å². The fraction of sp³-hybridized carbons (Fsp3) is 0.263. The highest BCUT2D eigenvalue weighted by Crippen LogP contribution is 2.29. The first-order chi connectivity index (χ1) is 13.7. The number of halogens is 2. The molecule has 0 spiro atoms. The van der Waals surface area contributed by atoms with Gasteiger partial charge in [0.2, 0.25) is 10.0 Å². The van der Waals surface area contributed by atoms with E-state index in [2.05, 4.69) is 5.32 Å². The maximum absolute atomic E-state index is 12.5. The smallest absolute Gasteiger partial charge is 0.338 e. The van der Waals surface area contributed by atoms with Crippen LogP contribution in [0, 0.1) is 0 Å². The molecule has 2 rings (SSSR count). The van der Waals surface area contributed by atoms with Crippen molar-refractivity contribution >= 4 is 50.8 Å². The van der Waals surface area contributed by atoms with Crippen LogP contribution in [0.1, 0.15) is 24.2 Å². The molecule has 0 aliphatic rings. The minimum absolute atomic E-state index is 0.0730. The minimum atomic E-state index is -3.62. The maximum atomic E-state index is 12.5. The van der Waals surface area contributed by atoms with E-state index >= 15 is 0 Å². The maximum Gasteiger partial charge on any atom is 0.338 e. The number of hydrogen-bond donors (Lipinski definition) is 1. The van der Waals surface area contributed by atoms with E-state index in [4.69, 9.17) is 27.9 Å². The second kappa shape index (κ2) is 10.1. The molecule has 0 aliphatic heterocycles. The van der Waals surface area contributed by atoms with Crippen LogP contribution < -0.4 is 5.32 Å². The number of nitrogens with one attached hydrogen (secondary N) is 1. The molecule has 0 fully saturated rings. The van der Waals surface area contributed by atoms with Crippen molar-refractivity contribution < 1.29 is 22.7 Å². The Morgan fingerprint density at radius 2 is 1.55 bits per heavy atom. The highest BCUT2D eigenvalue weighted by atomic mass is 35.5. The third kappa shape index (κ3) is 5.70.